The van der Waals surface area contributed by atoms with Crippen molar-refractivity contribution in [3.63, 3.8) is 0 Å². The molecule has 98 valence electrons. The fourth-order valence-electron chi connectivity index (χ4n) is 2.57. The molecule has 0 unspecified atom stereocenters. The molecule has 1 aliphatic carbocycles. The normalized spacial score (nSPS) is 16.5. The Morgan fingerprint density at radius 2 is 2.06 bits per heavy atom. The SMILES string of the molecule is NC(=S)c1c(Cl)cccc1NCC1CCCCC1. The maximum Gasteiger partial charge on any atom is 0.107 e. The van der Waals surface area contributed by atoms with Gasteiger partial charge in [-0.2, -0.15) is 0 Å². The average Bonchev–Trinajstić information content (AvgIpc) is 2.37. The van der Waals surface area contributed by atoms with Crippen LogP contribution in [0.5, 0.6) is 0 Å². The molecule has 1 aromatic carbocycles. The Balaban J connectivity index is 2.04. The van der Waals surface area contributed by atoms with Crippen molar-refractivity contribution in [3.05, 3.63) is 28.8 Å². The molecule has 0 saturated heterocycles. The molecular weight excluding hydrogens is 264 g/mol. The molecule has 1 aliphatic rings. The summed E-state index contributed by atoms with van der Waals surface area (Å²) in [5.74, 6) is 0.761. The van der Waals surface area contributed by atoms with Crippen LogP contribution in [-0.2, 0) is 0 Å². The van der Waals surface area contributed by atoms with Crippen molar-refractivity contribution in [2.75, 3.05) is 11.9 Å². The molecule has 4 heteroatoms. The number of halogens is 1. The molecular formula is C14H19ClN2S. The second-order valence-electron chi connectivity index (χ2n) is 4.91. The van der Waals surface area contributed by atoms with Crippen molar-refractivity contribution >= 4 is 34.5 Å². The molecule has 2 nitrogen and oxygen atoms in total. The van der Waals surface area contributed by atoms with Crippen molar-refractivity contribution < 1.29 is 0 Å². The number of hydrogen-bond acceptors (Lipinski definition) is 2. The van der Waals surface area contributed by atoms with Crippen LogP contribution in [0.2, 0.25) is 5.02 Å². The van der Waals surface area contributed by atoms with Gasteiger partial charge in [-0.15, -0.1) is 0 Å². The minimum Gasteiger partial charge on any atom is -0.389 e. The molecule has 1 aromatic rings. The Morgan fingerprint density at radius 3 is 2.72 bits per heavy atom. The fourth-order valence-corrected chi connectivity index (χ4v) is 3.12. The zero-order chi connectivity index (χ0) is 13.0. The van der Waals surface area contributed by atoms with Gasteiger partial charge in [0.2, 0.25) is 0 Å². The van der Waals surface area contributed by atoms with Gasteiger partial charge in [-0.3, -0.25) is 0 Å². The van der Waals surface area contributed by atoms with Crippen molar-refractivity contribution in [1.82, 2.24) is 0 Å². The Labute approximate surface area is 119 Å². The highest BCUT2D eigenvalue weighted by Crippen LogP contribution is 2.27. The molecule has 2 rings (SSSR count). The average molecular weight is 283 g/mol. The van der Waals surface area contributed by atoms with Crippen molar-refractivity contribution in [2.24, 2.45) is 11.7 Å². The summed E-state index contributed by atoms with van der Waals surface area (Å²) in [4.78, 5) is 0.353. The first-order valence-electron chi connectivity index (χ1n) is 6.50. The summed E-state index contributed by atoms with van der Waals surface area (Å²) in [7, 11) is 0. The van der Waals surface area contributed by atoms with E-state index in [0.717, 1.165) is 23.7 Å². The lowest BCUT2D eigenvalue weighted by atomic mass is 9.89. The smallest absolute Gasteiger partial charge is 0.107 e. The molecule has 1 fully saturated rings. The predicted molar refractivity (Wildman–Crippen MR) is 82.4 cm³/mol. The lowest BCUT2D eigenvalue weighted by Gasteiger charge is -2.23. The van der Waals surface area contributed by atoms with E-state index in [2.05, 4.69) is 5.32 Å². The van der Waals surface area contributed by atoms with Crippen molar-refractivity contribution in [2.45, 2.75) is 32.1 Å². The monoisotopic (exact) mass is 282 g/mol. The third-order valence-corrected chi connectivity index (χ3v) is 4.09. The van der Waals surface area contributed by atoms with E-state index in [4.69, 9.17) is 29.6 Å². The van der Waals surface area contributed by atoms with Crippen LogP contribution in [-0.4, -0.2) is 11.5 Å². The Hall–Kier alpha value is -0.800. The lowest BCUT2D eigenvalue weighted by molar-refractivity contribution is 0.373. The molecule has 0 amide bonds. The maximum absolute atomic E-state index is 6.14. The Bertz CT molecular complexity index is 428. The number of benzene rings is 1. The predicted octanol–water partition coefficient (Wildman–Crippen LogP) is 3.97. The standard InChI is InChI=1S/C14H19ClN2S/c15-11-7-4-8-12(13(11)14(16)18)17-9-10-5-2-1-3-6-10/h4,7-8,10,17H,1-3,5-6,9H2,(H2,16,18). The summed E-state index contributed by atoms with van der Waals surface area (Å²) in [6.07, 6.45) is 6.71. The number of rotatable bonds is 4. The number of thiocarbonyl (C=S) groups is 1. The summed E-state index contributed by atoms with van der Waals surface area (Å²) in [5, 5.41) is 4.07. The topological polar surface area (TPSA) is 38.0 Å². The van der Waals surface area contributed by atoms with E-state index in [1.807, 2.05) is 18.2 Å². The molecule has 0 heterocycles. The first kappa shape index (κ1) is 13.6. The van der Waals surface area contributed by atoms with Crippen molar-refractivity contribution in [1.29, 1.82) is 0 Å². The van der Waals surface area contributed by atoms with Gasteiger partial charge >= 0.3 is 0 Å². The first-order chi connectivity index (χ1) is 8.68. The third-order valence-electron chi connectivity index (χ3n) is 3.57. The van der Waals surface area contributed by atoms with Crippen LogP contribution in [0.25, 0.3) is 0 Å². The van der Waals surface area contributed by atoms with Crippen molar-refractivity contribution in [3.8, 4) is 0 Å². The van der Waals surface area contributed by atoms with Gasteiger partial charge in [-0.1, -0.05) is 49.1 Å². The second-order valence-corrected chi connectivity index (χ2v) is 5.76. The third kappa shape index (κ3) is 3.36. The van der Waals surface area contributed by atoms with E-state index in [1.54, 1.807) is 0 Å². The molecule has 0 aliphatic heterocycles. The zero-order valence-corrected chi connectivity index (χ0v) is 12.0. The first-order valence-corrected chi connectivity index (χ1v) is 7.29. The van der Waals surface area contributed by atoms with Crippen LogP contribution in [0.15, 0.2) is 18.2 Å². The second kappa shape index (κ2) is 6.39. The summed E-state index contributed by atoms with van der Waals surface area (Å²) >= 11 is 11.2. The van der Waals surface area contributed by atoms with Gasteiger partial charge in [-0.25, -0.2) is 0 Å². The highest BCUT2D eigenvalue weighted by Gasteiger charge is 2.15. The highest BCUT2D eigenvalue weighted by atomic mass is 35.5. The summed E-state index contributed by atoms with van der Waals surface area (Å²) in [6, 6.07) is 5.73. The molecule has 3 N–H and O–H groups in total. The van der Waals surface area contributed by atoms with E-state index >= 15 is 0 Å². The maximum atomic E-state index is 6.14. The minimum absolute atomic E-state index is 0.353. The zero-order valence-electron chi connectivity index (χ0n) is 10.4. The van der Waals surface area contributed by atoms with Crippen LogP contribution in [0.3, 0.4) is 0 Å². The summed E-state index contributed by atoms with van der Waals surface area (Å²) in [6.45, 7) is 0.982. The minimum atomic E-state index is 0.353. The van der Waals surface area contributed by atoms with Gasteiger partial charge < -0.3 is 11.1 Å². The van der Waals surface area contributed by atoms with Crippen LogP contribution in [0.1, 0.15) is 37.7 Å². The molecule has 0 aromatic heterocycles. The van der Waals surface area contributed by atoms with Gasteiger partial charge in [0.1, 0.15) is 4.99 Å². The van der Waals surface area contributed by atoms with E-state index in [-0.39, 0.29) is 0 Å². The van der Waals surface area contributed by atoms with Gasteiger partial charge in [0, 0.05) is 12.2 Å². The Morgan fingerprint density at radius 1 is 1.33 bits per heavy atom. The lowest BCUT2D eigenvalue weighted by Crippen LogP contribution is -2.20. The van der Waals surface area contributed by atoms with Crippen LogP contribution in [0.4, 0.5) is 5.69 Å². The van der Waals surface area contributed by atoms with Gasteiger partial charge in [-0.05, 0) is 30.9 Å². The summed E-state index contributed by atoms with van der Waals surface area (Å²) in [5.41, 5.74) is 7.46. The van der Waals surface area contributed by atoms with E-state index in [9.17, 15) is 0 Å². The number of nitrogens with one attached hydrogen (secondary N) is 1. The molecule has 0 bridgehead atoms. The number of anilines is 1. The number of hydrogen-bond donors (Lipinski definition) is 2. The number of nitrogens with two attached hydrogens (primary N) is 1. The van der Waals surface area contributed by atoms with Crippen LogP contribution < -0.4 is 11.1 Å². The molecule has 1 saturated carbocycles. The summed E-state index contributed by atoms with van der Waals surface area (Å²) < 4.78 is 0. The van der Waals surface area contributed by atoms with Crippen LogP contribution in [0, 0.1) is 5.92 Å². The van der Waals surface area contributed by atoms with Gasteiger partial charge in [0.25, 0.3) is 0 Å². The molecule has 18 heavy (non-hydrogen) atoms. The fraction of sp³-hybridized carbons (Fsp3) is 0.500. The largest absolute Gasteiger partial charge is 0.389 e. The van der Waals surface area contributed by atoms with Crippen LogP contribution >= 0.6 is 23.8 Å². The molecule has 0 spiro atoms. The Kier molecular flexibility index (Phi) is 4.84. The molecule has 0 atom stereocenters. The van der Waals surface area contributed by atoms with E-state index < -0.39 is 0 Å². The van der Waals surface area contributed by atoms with E-state index in [1.165, 1.54) is 32.1 Å². The molecule has 0 radical (unpaired) electrons. The quantitative estimate of drug-likeness (QED) is 0.821. The highest BCUT2D eigenvalue weighted by molar-refractivity contribution is 7.80. The van der Waals surface area contributed by atoms with Gasteiger partial charge in [0.15, 0.2) is 0 Å². The van der Waals surface area contributed by atoms with Gasteiger partial charge in [0.05, 0.1) is 10.6 Å². The van der Waals surface area contributed by atoms with E-state index in [0.29, 0.717) is 10.0 Å².